The van der Waals surface area contributed by atoms with Crippen molar-refractivity contribution >= 4 is 23.7 Å². The number of aryl methyl sites for hydroxylation is 1. The van der Waals surface area contributed by atoms with E-state index >= 15 is 0 Å². The predicted molar refractivity (Wildman–Crippen MR) is 67.8 cm³/mol. The van der Waals surface area contributed by atoms with Gasteiger partial charge < -0.3 is 5.11 Å². The number of carbonyl (C=O) groups excluding carboxylic acids is 1. The van der Waals surface area contributed by atoms with Gasteiger partial charge in [0.1, 0.15) is 10.6 Å². The monoisotopic (exact) mass is 262 g/mol. The molecule has 1 aromatic carbocycles. The lowest BCUT2D eigenvalue weighted by atomic mass is 10.2. The maximum absolute atomic E-state index is 11.6. The summed E-state index contributed by atoms with van der Waals surface area (Å²) < 4.78 is 3.67. The molecule has 0 aliphatic rings. The van der Waals surface area contributed by atoms with Crippen LogP contribution in [-0.4, -0.2) is 26.8 Å². The van der Waals surface area contributed by atoms with Crippen LogP contribution in [-0.2, 0) is 0 Å². The number of phenolic OH excluding ortho intramolecular Hbond substituents is 1. The fraction of sp³-hybridized carbons (Fsp3) is 0.0909. The number of rotatable bonds is 3. The largest absolute Gasteiger partial charge is 0.508 e. The smallest absolute Gasteiger partial charge is 0.285 e. The summed E-state index contributed by atoms with van der Waals surface area (Å²) >= 11 is 1.03. The molecule has 92 valence electrons. The van der Waals surface area contributed by atoms with E-state index in [1.54, 1.807) is 31.2 Å². The van der Waals surface area contributed by atoms with Gasteiger partial charge in [0.25, 0.3) is 5.91 Å². The Bertz CT molecular complexity index is 577. The summed E-state index contributed by atoms with van der Waals surface area (Å²) in [5.41, 5.74) is 3.74. The van der Waals surface area contributed by atoms with Crippen LogP contribution in [0, 0.1) is 6.92 Å². The van der Waals surface area contributed by atoms with E-state index in [4.69, 9.17) is 5.11 Å². The van der Waals surface area contributed by atoms with Crippen LogP contribution < -0.4 is 5.43 Å². The first-order chi connectivity index (χ1) is 8.66. The van der Waals surface area contributed by atoms with Crippen LogP contribution in [0.1, 0.15) is 20.9 Å². The highest BCUT2D eigenvalue weighted by atomic mass is 32.1. The Morgan fingerprint density at radius 1 is 1.44 bits per heavy atom. The highest BCUT2D eigenvalue weighted by molar-refractivity contribution is 7.07. The molecule has 0 bridgehead atoms. The number of carbonyl (C=O) groups is 1. The third-order valence-electron chi connectivity index (χ3n) is 2.13. The summed E-state index contributed by atoms with van der Waals surface area (Å²) in [5, 5.41) is 16.7. The van der Waals surface area contributed by atoms with Crippen molar-refractivity contribution in [3.63, 3.8) is 0 Å². The molecule has 1 amide bonds. The average molecular weight is 262 g/mol. The van der Waals surface area contributed by atoms with Gasteiger partial charge in [-0.25, -0.2) is 5.43 Å². The third kappa shape index (κ3) is 2.89. The molecule has 1 aromatic heterocycles. The van der Waals surface area contributed by atoms with Gasteiger partial charge in [-0.15, -0.1) is 5.10 Å². The molecule has 6 nitrogen and oxygen atoms in total. The second kappa shape index (κ2) is 5.37. The fourth-order valence-electron chi connectivity index (χ4n) is 1.22. The summed E-state index contributed by atoms with van der Waals surface area (Å²) in [4.78, 5) is 12.1. The molecule has 0 aliphatic carbocycles. The molecular weight excluding hydrogens is 252 g/mol. The zero-order chi connectivity index (χ0) is 13.0. The standard InChI is InChI=1S/C11H10N4O2S/c1-7-10(18-15-13-7)11(17)14-12-6-8-2-4-9(16)5-3-8/h2-6,16H,1H3,(H,14,17). The van der Waals surface area contributed by atoms with Gasteiger partial charge in [-0.2, -0.15) is 5.10 Å². The summed E-state index contributed by atoms with van der Waals surface area (Å²) in [5.74, 6) is -0.153. The number of amides is 1. The number of hydrogen-bond donors (Lipinski definition) is 2. The Kier molecular flexibility index (Phi) is 3.63. The minimum Gasteiger partial charge on any atom is -0.508 e. The number of aromatic nitrogens is 2. The summed E-state index contributed by atoms with van der Waals surface area (Å²) in [6.07, 6.45) is 1.49. The van der Waals surface area contributed by atoms with Crippen molar-refractivity contribution < 1.29 is 9.90 Å². The Morgan fingerprint density at radius 2 is 2.17 bits per heavy atom. The zero-order valence-corrected chi connectivity index (χ0v) is 10.3. The molecule has 0 atom stereocenters. The van der Waals surface area contributed by atoms with Gasteiger partial charge in [0.2, 0.25) is 0 Å². The molecular formula is C11H10N4O2S. The second-order valence-electron chi connectivity index (χ2n) is 3.48. The molecule has 2 N–H and O–H groups in total. The first-order valence-electron chi connectivity index (χ1n) is 5.08. The van der Waals surface area contributed by atoms with Crippen LogP contribution in [0.4, 0.5) is 0 Å². The number of nitrogens with zero attached hydrogens (tertiary/aromatic N) is 3. The lowest BCUT2D eigenvalue weighted by molar-refractivity contribution is 0.0958. The van der Waals surface area contributed by atoms with E-state index in [0.717, 1.165) is 17.1 Å². The van der Waals surface area contributed by atoms with E-state index in [9.17, 15) is 4.79 Å². The van der Waals surface area contributed by atoms with Crippen molar-refractivity contribution in [2.45, 2.75) is 6.92 Å². The van der Waals surface area contributed by atoms with Gasteiger partial charge in [0.15, 0.2) is 0 Å². The topological polar surface area (TPSA) is 87.5 Å². The Balaban J connectivity index is 1.98. The maximum atomic E-state index is 11.6. The second-order valence-corrected chi connectivity index (χ2v) is 4.23. The van der Waals surface area contributed by atoms with Crippen molar-refractivity contribution in [3.05, 3.63) is 40.4 Å². The van der Waals surface area contributed by atoms with Gasteiger partial charge in [-0.1, -0.05) is 4.49 Å². The van der Waals surface area contributed by atoms with E-state index in [-0.39, 0.29) is 11.7 Å². The van der Waals surface area contributed by atoms with Crippen LogP contribution in [0.15, 0.2) is 29.4 Å². The molecule has 0 spiro atoms. The van der Waals surface area contributed by atoms with Gasteiger partial charge in [-0.05, 0) is 48.3 Å². The van der Waals surface area contributed by atoms with Crippen molar-refractivity contribution in [1.82, 2.24) is 15.0 Å². The first kappa shape index (κ1) is 12.2. The van der Waals surface area contributed by atoms with Crippen molar-refractivity contribution in [2.24, 2.45) is 5.10 Å². The average Bonchev–Trinajstić information content (AvgIpc) is 2.78. The quantitative estimate of drug-likeness (QED) is 0.645. The maximum Gasteiger partial charge on any atom is 0.285 e. The number of nitrogens with one attached hydrogen (secondary N) is 1. The van der Waals surface area contributed by atoms with Crippen molar-refractivity contribution in [2.75, 3.05) is 0 Å². The number of benzene rings is 1. The molecule has 2 rings (SSSR count). The summed E-state index contributed by atoms with van der Waals surface area (Å²) in [6.45, 7) is 1.71. The Morgan fingerprint density at radius 3 is 2.78 bits per heavy atom. The third-order valence-corrected chi connectivity index (χ3v) is 2.96. The van der Waals surface area contributed by atoms with E-state index in [0.29, 0.717) is 10.6 Å². The summed E-state index contributed by atoms with van der Waals surface area (Å²) in [7, 11) is 0. The Hall–Kier alpha value is -2.28. The highest BCUT2D eigenvalue weighted by Crippen LogP contribution is 2.09. The SMILES string of the molecule is Cc1nnsc1C(=O)NN=Cc1ccc(O)cc1. The van der Waals surface area contributed by atoms with Crippen LogP contribution in [0.25, 0.3) is 0 Å². The number of hydrogen-bond acceptors (Lipinski definition) is 6. The first-order valence-corrected chi connectivity index (χ1v) is 5.85. The van der Waals surface area contributed by atoms with E-state index in [2.05, 4.69) is 20.1 Å². The molecule has 7 heteroatoms. The fourth-order valence-corrected chi connectivity index (χ4v) is 1.76. The Labute approximate surface area is 107 Å². The van der Waals surface area contributed by atoms with Gasteiger partial charge >= 0.3 is 0 Å². The number of phenols is 1. The van der Waals surface area contributed by atoms with Crippen LogP contribution in [0.3, 0.4) is 0 Å². The number of hydrazone groups is 1. The van der Waals surface area contributed by atoms with Crippen LogP contribution in [0.2, 0.25) is 0 Å². The zero-order valence-electron chi connectivity index (χ0n) is 9.49. The van der Waals surface area contributed by atoms with Gasteiger partial charge in [0.05, 0.1) is 11.9 Å². The molecule has 1 heterocycles. The normalized spacial score (nSPS) is 10.7. The molecule has 18 heavy (non-hydrogen) atoms. The number of aromatic hydroxyl groups is 1. The minimum atomic E-state index is -0.336. The molecule has 0 saturated carbocycles. The highest BCUT2D eigenvalue weighted by Gasteiger charge is 2.11. The van der Waals surface area contributed by atoms with Crippen LogP contribution >= 0.6 is 11.5 Å². The van der Waals surface area contributed by atoms with E-state index in [1.165, 1.54) is 6.21 Å². The molecule has 0 unspecified atom stereocenters. The molecule has 0 fully saturated rings. The molecule has 0 aliphatic heterocycles. The molecule has 2 aromatic rings. The lowest BCUT2D eigenvalue weighted by Crippen LogP contribution is -2.17. The van der Waals surface area contributed by atoms with Gasteiger partial charge in [-0.3, -0.25) is 4.79 Å². The lowest BCUT2D eigenvalue weighted by Gasteiger charge is -1.96. The van der Waals surface area contributed by atoms with Gasteiger partial charge in [0, 0.05) is 0 Å². The molecule has 0 radical (unpaired) electrons. The molecule has 0 saturated heterocycles. The predicted octanol–water partition coefficient (Wildman–Crippen LogP) is 1.32. The van der Waals surface area contributed by atoms with E-state index < -0.39 is 0 Å². The van der Waals surface area contributed by atoms with E-state index in [1.807, 2.05) is 0 Å². The minimum absolute atomic E-state index is 0.183. The summed E-state index contributed by atoms with van der Waals surface area (Å²) in [6, 6.07) is 6.45. The van der Waals surface area contributed by atoms with Crippen LogP contribution in [0.5, 0.6) is 5.75 Å². The van der Waals surface area contributed by atoms with Crippen molar-refractivity contribution in [3.8, 4) is 5.75 Å². The van der Waals surface area contributed by atoms with Crippen molar-refractivity contribution in [1.29, 1.82) is 0 Å².